The van der Waals surface area contributed by atoms with E-state index in [4.69, 9.17) is 0 Å². The van der Waals surface area contributed by atoms with Crippen LogP contribution in [-0.4, -0.2) is 27.5 Å². The van der Waals surface area contributed by atoms with Gasteiger partial charge in [0, 0.05) is 17.4 Å². The summed E-state index contributed by atoms with van der Waals surface area (Å²) in [5.41, 5.74) is 1.60. The summed E-state index contributed by atoms with van der Waals surface area (Å²) in [6.07, 6.45) is 4.41. The molecule has 1 unspecified atom stereocenters. The number of rotatable bonds is 3. The summed E-state index contributed by atoms with van der Waals surface area (Å²) in [6, 6.07) is 1.84. The maximum Gasteiger partial charge on any atom is 0.170 e. The second-order valence-corrected chi connectivity index (χ2v) is 4.68. The molecule has 0 saturated carbocycles. The molecule has 1 aliphatic heterocycles. The Kier molecular flexibility index (Phi) is 2.68. The van der Waals surface area contributed by atoms with Gasteiger partial charge in [0.2, 0.25) is 0 Å². The fourth-order valence-electron chi connectivity index (χ4n) is 1.59. The molecule has 2 heterocycles. The number of carbonyl (C=O) groups excluding carboxylic acids is 1. The summed E-state index contributed by atoms with van der Waals surface area (Å²) in [6.45, 7) is 0. The van der Waals surface area contributed by atoms with Crippen molar-refractivity contribution in [3.05, 3.63) is 17.5 Å². The number of H-pyrrole nitrogens is 1. The van der Waals surface area contributed by atoms with Crippen LogP contribution in [0.15, 0.2) is 6.07 Å². The molecule has 1 saturated heterocycles. The summed E-state index contributed by atoms with van der Waals surface area (Å²) >= 11 is 2.02. The van der Waals surface area contributed by atoms with Gasteiger partial charge in [0.15, 0.2) is 6.29 Å². The average Bonchev–Trinajstić information content (AvgIpc) is 2.76. The molecular formula is C9H12N2OS. The Labute approximate surface area is 81.3 Å². The topological polar surface area (TPSA) is 45.8 Å². The Balaban J connectivity index is 1.96. The summed E-state index contributed by atoms with van der Waals surface area (Å²) in [5, 5.41) is 7.49. The standard InChI is InChI=1S/C9H12N2OS/c12-6-8-4-7(10-11-8)5-9-2-1-3-13-9/h4,6,9H,1-3,5H2,(H,10,11). The van der Waals surface area contributed by atoms with Gasteiger partial charge in [-0.2, -0.15) is 16.9 Å². The van der Waals surface area contributed by atoms with Crippen molar-refractivity contribution in [2.75, 3.05) is 5.75 Å². The fraction of sp³-hybridized carbons (Fsp3) is 0.556. The monoisotopic (exact) mass is 196 g/mol. The lowest BCUT2D eigenvalue weighted by molar-refractivity contribution is 0.111. The zero-order valence-electron chi connectivity index (χ0n) is 7.32. The van der Waals surface area contributed by atoms with Crippen molar-refractivity contribution in [3.63, 3.8) is 0 Å². The predicted molar refractivity (Wildman–Crippen MR) is 53.2 cm³/mol. The molecule has 1 N–H and O–H groups in total. The van der Waals surface area contributed by atoms with Crippen LogP contribution in [0.25, 0.3) is 0 Å². The van der Waals surface area contributed by atoms with E-state index in [1.807, 2.05) is 17.8 Å². The lowest BCUT2D eigenvalue weighted by Gasteiger charge is -2.04. The molecule has 0 bridgehead atoms. The van der Waals surface area contributed by atoms with E-state index in [1.54, 1.807) is 0 Å². The van der Waals surface area contributed by atoms with Gasteiger partial charge in [0.05, 0.1) is 0 Å². The smallest absolute Gasteiger partial charge is 0.170 e. The largest absolute Gasteiger partial charge is 0.296 e. The zero-order valence-corrected chi connectivity index (χ0v) is 8.14. The number of aldehydes is 1. The van der Waals surface area contributed by atoms with Gasteiger partial charge in [-0.25, -0.2) is 0 Å². The van der Waals surface area contributed by atoms with Crippen LogP contribution in [0.4, 0.5) is 0 Å². The molecule has 3 nitrogen and oxygen atoms in total. The lowest BCUT2D eigenvalue weighted by Crippen LogP contribution is -2.01. The van der Waals surface area contributed by atoms with Crippen LogP contribution in [0, 0.1) is 0 Å². The van der Waals surface area contributed by atoms with Gasteiger partial charge in [0.25, 0.3) is 0 Å². The minimum atomic E-state index is 0.512. The first-order valence-electron chi connectivity index (χ1n) is 4.49. The van der Waals surface area contributed by atoms with Crippen LogP contribution in [-0.2, 0) is 6.42 Å². The Morgan fingerprint density at radius 2 is 2.69 bits per heavy atom. The first-order valence-corrected chi connectivity index (χ1v) is 5.54. The zero-order chi connectivity index (χ0) is 9.10. The molecule has 4 heteroatoms. The minimum absolute atomic E-state index is 0.512. The molecule has 0 aromatic carbocycles. The third kappa shape index (κ3) is 2.12. The van der Waals surface area contributed by atoms with Crippen molar-refractivity contribution < 1.29 is 4.79 Å². The van der Waals surface area contributed by atoms with Crippen molar-refractivity contribution >= 4 is 18.0 Å². The number of carbonyl (C=O) groups is 1. The second kappa shape index (κ2) is 3.96. The number of nitrogens with one attached hydrogen (secondary N) is 1. The molecule has 1 aliphatic rings. The number of hydrogen-bond donors (Lipinski definition) is 1. The van der Waals surface area contributed by atoms with E-state index in [0.29, 0.717) is 5.69 Å². The van der Waals surface area contributed by atoms with Gasteiger partial charge >= 0.3 is 0 Å². The molecule has 2 rings (SSSR count). The number of nitrogens with zero attached hydrogens (tertiary/aromatic N) is 1. The highest BCUT2D eigenvalue weighted by molar-refractivity contribution is 8.00. The van der Waals surface area contributed by atoms with Crippen LogP contribution in [0.5, 0.6) is 0 Å². The molecule has 1 aromatic rings. The summed E-state index contributed by atoms with van der Waals surface area (Å²) in [4.78, 5) is 10.4. The Morgan fingerprint density at radius 3 is 3.31 bits per heavy atom. The van der Waals surface area contributed by atoms with Gasteiger partial charge in [-0.15, -0.1) is 0 Å². The molecule has 0 spiro atoms. The third-order valence-electron chi connectivity index (χ3n) is 2.24. The fourth-order valence-corrected chi connectivity index (χ4v) is 2.89. The molecule has 13 heavy (non-hydrogen) atoms. The van der Waals surface area contributed by atoms with E-state index < -0.39 is 0 Å². The number of hydrogen-bond acceptors (Lipinski definition) is 3. The summed E-state index contributed by atoms with van der Waals surface area (Å²) in [7, 11) is 0. The lowest BCUT2D eigenvalue weighted by atomic mass is 10.1. The molecular weight excluding hydrogens is 184 g/mol. The van der Waals surface area contributed by atoms with Gasteiger partial charge in [0.1, 0.15) is 5.69 Å². The van der Waals surface area contributed by atoms with Gasteiger partial charge in [-0.1, -0.05) is 0 Å². The average molecular weight is 196 g/mol. The van der Waals surface area contributed by atoms with Crippen LogP contribution >= 0.6 is 11.8 Å². The highest BCUT2D eigenvalue weighted by Crippen LogP contribution is 2.28. The Bertz CT molecular complexity index is 292. The van der Waals surface area contributed by atoms with Crippen molar-refractivity contribution in [3.8, 4) is 0 Å². The molecule has 1 aromatic heterocycles. The van der Waals surface area contributed by atoms with E-state index in [9.17, 15) is 4.79 Å². The second-order valence-electron chi connectivity index (χ2n) is 3.28. The molecule has 1 atom stereocenters. The van der Waals surface area contributed by atoms with Crippen LogP contribution in [0.2, 0.25) is 0 Å². The molecule has 70 valence electrons. The van der Waals surface area contributed by atoms with Crippen molar-refractivity contribution in [1.29, 1.82) is 0 Å². The molecule has 0 amide bonds. The Morgan fingerprint density at radius 1 is 1.77 bits per heavy atom. The normalized spacial score (nSPS) is 22.0. The highest BCUT2D eigenvalue weighted by Gasteiger charge is 2.16. The molecule has 0 radical (unpaired) electrons. The predicted octanol–water partition coefficient (Wildman–Crippen LogP) is 1.66. The Hall–Kier alpha value is -0.770. The maximum atomic E-state index is 10.4. The van der Waals surface area contributed by atoms with Crippen molar-refractivity contribution in [2.45, 2.75) is 24.5 Å². The van der Waals surface area contributed by atoms with E-state index in [-0.39, 0.29) is 0 Å². The van der Waals surface area contributed by atoms with Gasteiger partial charge < -0.3 is 0 Å². The molecule has 0 aliphatic carbocycles. The van der Waals surface area contributed by atoms with Crippen LogP contribution in [0.3, 0.4) is 0 Å². The maximum absolute atomic E-state index is 10.4. The SMILES string of the molecule is O=Cc1cc(CC2CCCS2)[nH]n1. The molecule has 1 fully saturated rings. The summed E-state index contributed by atoms with van der Waals surface area (Å²) in [5.74, 6) is 1.28. The third-order valence-corrected chi connectivity index (χ3v) is 3.64. The van der Waals surface area contributed by atoms with E-state index in [1.165, 1.54) is 18.6 Å². The quantitative estimate of drug-likeness (QED) is 0.748. The van der Waals surface area contributed by atoms with E-state index >= 15 is 0 Å². The van der Waals surface area contributed by atoms with Crippen LogP contribution < -0.4 is 0 Å². The van der Waals surface area contributed by atoms with Gasteiger partial charge in [-0.05, 0) is 24.7 Å². The van der Waals surface area contributed by atoms with E-state index in [2.05, 4.69) is 10.2 Å². The number of thioether (sulfide) groups is 1. The highest BCUT2D eigenvalue weighted by atomic mass is 32.2. The first kappa shape index (κ1) is 8.81. The number of aromatic amines is 1. The van der Waals surface area contributed by atoms with Gasteiger partial charge in [-0.3, -0.25) is 9.89 Å². The first-order chi connectivity index (χ1) is 6.38. The van der Waals surface area contributed by atoms with Crippen molar-refractivity contribution in [2.24, 2.45) is 0 Å². The number of aromatic nitrogens is 2. The van der Waals surface area contributed by atoms with Crippen LogP contribution in [0.1, 0.15) is 29.0 Å². The van der Waals surface area contributed by atoms with Crippen molar-refractivity contribution in [1.82, 2.24) is 10.2 Å². The minimum Gasteiger partial charge on any atom is -0.296 e. The summed E-state index contributed by atoms with van der Waals surface area (Å²) < 4.78 is 0. The van der Waals surface area contributed by atoms with E-state index in [0.717, 1.165) is 23.7 Å².